The number of primary amides is 1. The second-order valence-electron chi connectivity index (χ2n) is 4.91. The van der Waals surface area contributed by atoms with Gasteiger partial charge in [0.1, 0.15) is 0 Å². The van der Waals surface area contributed by atoms with E-state index < -0.39 is 5.91 Å². The average molecular weight is 312 g/mol. The zero-order valence-electron chi connectivity index (χ0n) is 11.7. The Morgan fingerprint density at radius 2 is 2.05 bits per heavy atom. The maximum Gasteiger partial charge on any atom is 0.250 e. The van der Waals surface area contributed by atoms with Crippen LogP contribution in [0.15, 0.2) is 54.7 Å². The molecular weight excluding hydrogens is 298 g/mol. The van der Waals surface area contributed by atoms with Crippen LogP contribution in [0, 0.1) is 0 Å². The highest BCUT2D eigenvalue weighted by Gasteiger charge is 2.10. The predicted molar refractivity (Wildman–Crippen MR) is 89.0 cm³/mol. The van der Waals surface area contributed by atoms with Gasteiger partial charge in [-0.2, -0.15) is 0 Å². The van der Waals surface area contributed by atoms with Crippen molar-refractivity contribution in [3.63, 3.8) is 0 Å². The zero-order valence-corrected chi connectivity index (χ0v) is 12.5. The lowest BCUT2D eigenvalue weighted by molar-refractivity contribution is 0.100. The lowest BCUT2D eigenvalue weighted by Gasteiger charge is -2.11. The summed E-state index contributed by atoms with van der Waals surface area (Å²) < 4.78 is 0. The van der Waals surface area contributed by atoms with Crippen molar-refractivity contribution in [2.24, 2.45) is 5.73 Å². The molecule has 0 radical (unpaired) electrons. The van der Waals surface area contributed by atoms with Gasteiger partial charge in [0.2, 0.25) is 0 Å². The highest BCUT2D eigenvalue weighted by atomic mass is 35.5. The number of hydrogen-bond donors (Lipinski definition) is 2. The summed E-state index contributed by atoms with van der Waals surface area (Å²) in [4.78, 5) is 15.8. The highest BCUT2D eigenvalue weighted by Crippen LogP contribution is 2.25. The predicted octanol–water partition coefficient (Wildman–Crippen LogP) is 3.60. The van der Waals surface area contributed by atoms with E-state index in [1.165, 1.54) is 0 Å². The molecule has 0 atom stereocenters. The van der Waals surface area contributed by atoms with Gasteiger partial charge in [-0.15, -0.1) is 0 Å². The first-order valence-corrected chi connectivity index (χ1v) is 7.19. The summed E-state index contributed by atoms with van der Waals surface area (Å²) in [5.41, 5.74) is 8.39. The van der Waals surface area contributed by atoms with Gasteiger partial charge in [0, 0.05) is 28.8 Å². The smallest absolute Gasteiger partial charge is 0.250 e. The van der Waals surface area contributed by atoms with Crippen LogP contribution >= 0.6 is 11.6 Å². The number of carbonyl (C=O) groups is 1. The van der Waals surface area contributed by atoms with Gasteiger partial charge in [-0.05, 0) is 42.0 Å². The van der Waals surface area contributed by atoms with Gasteiger partial charge < -0.3 is 11.1 Å². The number of anilines is 1. The summed E-state index contributed by atoms with van der Waals surface area (Å²) in [5, 5.41) is 4.91. The summed E-state index contributed by atoms with van der Waals surface area (Å²) in [6.45, 7) is 0.625. The molecule has 0 aliphatic heterocycles. The summed E-state index contributed by atoms with van der Waals surface area (Å²) in [6.07, 6.45) is 1.65. The Kier molecular flexibility index (Phi) is 3.94. The quantitative estimate of drug-likeness (QED) is 0.773. The lowest BCUT2D eigenvalue weighted by atomic mass is 10.1. The molecule has 1 heterocycles. The van der Waals surface area contributed by atoms with Crippen molar-refractivity contribution in [2.45, 2.75) is 6.54 Å². The van der Waals surface area contributed by atoms with Gasteiger partial charge in [-0.25, -0.2) is 0 Å². The number of hydrogen-bond acceptors (Lipinski definition) is 3. The van der Waals surface area contributed by atoms with Crippen LogP contribution in [0.5, 0.6) is 0 Å². The van der Waals surface area contributed by atoms with Crippen LogP contribution in [0.2, 0.25) is 5.02 Å². The van der Waals surface area contributed by atoms with Crippen LogP contribution in [0.25, 0.3) is 10.9 Å². The van der Waals surface area contributed by atoms with E-state index >= 15 is 0 Å². The average Bonchev–Trinajstić information content (AvgIpc) is 2.52. The molecule has 0 fully saturated rings. The Bertz CT molecular complexity index is 848. The lowest BCUT2D eigenvalue weighted by Crippen LogP contribution is -2.12. The van der Waals surface area contributed by atoms with Gasteiger partial charge in [0.05, 0.1) is 11.1 Å². The number of nitrogens with two attached hydrogens (primary N) is 1. The molecule has 1 aromatic heterocycles. The molecule has 0 unspecified atom stereocenters. The maximum absolute atomic E-state index is 11.5. The second kappa shape index (κ2) is 6.03. The molecule has 3 N–H and O–H groups in total. The van der Waals surface area contributed by atoms with Gasteiger partial charge in [-0.1, -0.05) is 23.7 Å². The number of halogens is 1. The topological polar surface area (TPSA) is 68.0 Å². The number of amides is 1. The van der Waals surface area contributed by atoms with Gasteiger partial charge >= 0.3 is 0 Å². The first-order chi connectivity index (χ1) is 10.6. The zero-order chi connectivity index (χ0) is 15.5. The third kappa shape index (κ3) is 2.87. The van der Waals surface area contributed by atoms with E-state index in [1.54, 1.807) is 12.3 Å². The standard InChI is InChI=1S/C17H14ClN3O/c18-12-4-1-3-11(9-12)10-21-15-7-6-14(17(19)22)16-13(15)5-2-8-20-16/h1-9,21H,10H2,(H2,19,22). The molecule has 2 aromatic carbocycles. The van der Waals surface area contributed by atoms with Crippen LogP contribution in [-0.2, 0) is 6.54 Å². The fraction of sp³-hybridized carbons (Fsp3) is 0.0588. The van der Waals surface area contributed by atoms with Crippen LogP contribution in [0.4, 0.5) is 5.69 Å². The number of aromatic nitrogens is 1. The fourth-order valence-corrected chi connectivity index (χ4v) is 2.58. The molecule has 0 bridgehead atoms. The van der Waals surface area contributed by atoms with Crippen molar-refractivity contribution in [1.82, 2.24) is 4.98 Å². The molecule has 4 nitrogen and oxygen atoms in total. The Balaban J connectivity index is 1.95. The minimum atomic E-state index is -0.481. The van der Waals surface area contributed by atoms with E-state index in [2.05, 4.69) is 10.3 Å². The van der Waals surface area contributed by atoms with E-state index in [1.807, 2.05) is 42.5 Å². The molecule has 5 heteroatoms. The van der Waals surface area contributed by atoms with Crippen molar-refractivity contribution in [3.05, 3.63) is 70.9 Å². The van der Waals surface area contributed by atoms with E-state index in [4.69, 9.17) is 17.3 Å². The van der Waals surface area contributed by atoms with Crippen molar-refractivity contribution < 1.29 is 4.79 Å². The molecule has 0 aliphatic rings. The fourth-order valence-electron chi connectivity index (χ4n) is 2.37. The molecule has 3 rings (SSSR count). The van der Waals surface area contributed by atoms with E-state index in [9.17, 15) is 4.79 Å². The third-order valence-electron chi connectivity index (χ3n) is 3.41. The number of carbonyl (C=O) groups excluding carboxylic acids is 1. The minimum Gasteiger partial charge on any atom is -0.380 e. The molecule has 0 spiro atoms. The molecule has 110 valence electrons. The highest BCUT2D eigenvalue weighted by molar-refractivity contribution is 6.30. The molecular formula is C17H14ClN3O. The number of nitrogens with one attached hydrogen (secondary N) is 1. The molecule has 0 saturated carbocycles. The Morgan fingerprint density at radius 1 is 1.18 bits per heavy atom. The van der Waals surface area contributed by atoms with Crippen molar-refractivity contribution in [3.8, 4) is 0 Å². The molecule has 3 aromatic rings. The number of benzene rings is 2. The van der Waals surface area contributed by atoms with Crippen LogP contribution in [0.3, 0.4) is 0 Å². The summed E-state index contributed by atoms with van der Waals surface area (Å²) in [5.74, 6) is -0.481. The summed E-state index contributed by atoms with van der Waals surface area (Å²) in [7, 11) is 0. The van der Waals surface area contributed by atoms with Gasteiger partial charge in [0.15, 0.2) is 0 Å². The first kappa shape index (κ1) is 14.4. The number of nitrogens with zero attached hydrogens (tertiary/aromatic N) is 1. The summed E-state index contributed by atoms with van der Waals surface area (Å²) in [6, 6.07) is 14.9. The van der Waals surface area contributed by atoms with Crippen molar-refractivity contribution >= 4 is 34.1 Å². The number of fused-ring (bicyclic) bond motifs is 1. The van der Waals surface area contributed by atoms with Gasteiger partial charge in [-0.3, -0.25) is 9.78 Å². The Hall–Kier alpha value is -2.59. The van der Waals surface area contributed by atoms with E-state index in [0.29, 0.717) is 22.6 Å². The minimum absolute atomic E-state index is 0.420. The second-order valence-corrected chi connectivity index (χ2v) is 5.34. The maximum atomic E-state index is 11.5. The molecule has 0 aliphatic carbocycles. The Labute approximate surface area is 132 Å². The number of rotatable bonds is 4. The molecule has 1 amide bonds. The summed E-state index contributed by atoms with van der Waals surface area (Å²) >= 11 is 5.99. The van der Waals surface area contributed by atoms with E-state index in [0.717, 1.165) is 16.6 Å². The van der Waals surface area contributed by atoms with Crippen molar-refractivity contribution in [1.29, 1.82) is 0 Å². The Morgan fingerprint density at radius 3 is 2.82 bits per heavy atom. The molecule has 22 heavy (non-hydrogen) atoms. The normalized spacial score (nSPS) is 10.6. The largest absolute Gasteiger partial charge is 0.380 e. The number of pyridine rings is 1. The SMILES string of the molecule is NC(=O)c1ccc(NCc2cccc(Cl)c2)c2cccnc12. The van der Waals surface area contributed by atoms with Crippen LogP contribution in [0.1, 0.15) is 15.9 Å². The van der Waals surface area contributed by atoms with Crippen LogP contribution < -0.4 is 11.1 Å². The molecule has 0 saturated heterocycles. The monoisotopic (exact) mass is 311 g/mol. The van der Waals surface area contributed by atoms with Crippen LogP contribution in [-0.4, -0.2) is 10.9 Å². The van der Waals surface area contributed by atoms with Gasteiger partial charge in [0.25, 0.3) is 5.91 Å². The van der Waals surface area contributed by atoms with Crippen molar-refractivity contribution in [2.75, 3.05) is 5.32 Å². The third-order valence-corrected chi connectivity index (χ3v) is 3.64. The first-order valence-electron chi connectivity index (χ1n) is 6.81. The van der Waals surface area contributed by atoms with E-state index in [-0.39, 0.29) is 0 Å².